The molecule has 4 aromatic rings. The third-order valence-corrected chi connectivity index (χ3v) is 7.35. The molecular weight excluding hydrogens is 560 g/mol. The number of rotatable bonds is 7. The molecule has 0 saturated heterocycles. The van der Waals surface area contributed by atoms with E-state index in [1.807, 2.05) is 6.07 Å². The molecule has 0 spiro atoms. The van der Waals surface area contributed by atoms with Crippen LogP contribution < -0.4 is 9.64 Å². The van der Waals surface area contributed by atoms with Crippen LogP contribution in [-0.2, 0) is 33.9 Å². The Labute approximate surface area is 238 Å². The average molecular weight is 586 g/mol. The Balaban J connectivity index is 1.63. The fourth-order valence-corrected chi connectivity index (χ4v) is 5.33. The molecule has 0 saturated carbocycles. The number of carbonyl (C=O) groups excluding carboxylic acids is 1. The number of carbonyl (C=O) groups is 1. The van der Waals surface area contributed by atoms with Gasteiger partial charge in [-0.15, -0.1) is 0 Å². The Morgan fingerprint density at radius 1 is 0.786 bits per heavy atom. The van der Waals surface area contributed by atoms with Gasteiger partial charge in [0.1, 0.15) is 17.3 Å². The summed E-state index contributed by atoms with van der Waals surface area (Å²) in [6.45, 7) is 1.03. The first kappa shape index (κ1) is 29.2. The van der Waals surface area contributed by atoms with E-state index in [1.54, 1.807) is 79.7 Å². The highest BCUT2D eigenvalue weighted by Crippen LogP contribution is 2.53. The van der Waals surface area contributed by atoms with Crippen molar-refractivity contribution in [2.45, 2.75) is 37.4 Å². The molecule has 0 fully saturated rings. The van der Waals surface area contributed by atoms with Crippen molar-refractivity contribution in [2.75, 3.05) is 12.0 Å². The maximum Gasteiger partial charge on any atom is 0.416 e. The number of amides is 1. The van der Waals surface area contributed by atoms with Crippen LogP contribution >= 0.6 is 0 Å². The second-order valence-electron chi connectivity index (χ2n) is 10.1. The van der Waals surface area contributed by atoms with Crippen LogP contribution in [0.1, 0.15) is 40.8 Å². The predicted octanol–water partition coefficient (Wildman–Crippen LogP) is 8.63. The van der Waals surface area contributed by atoms with Crippen molar-refractivity contribution < 1.29 is 40.6 Å². The quantitative estimate of drug-likeness (QED) is 0.204. The highest BCUT2D eigenvalue weighted by molar-refractivity contribution is 6.13. The van der Waals surface area contributed by atoms with Crippen molar-refractivity contribution in [3.63, 3.8) is 0 Å². The molecule has 1 aliphatic rings. The number of anilines is 2. The van der Waals surface area contributed by atoms with Gasteiger partial charge in [0, 0.05) is 5.69 Å². The molecule has 2 atom stereocenters. The summed E-state index contributed by atoms with van der Waals surface area (Å²) >= 11 is 0. The topological polar surface area (TPSA) is 38.8 Å². The highest BCUT2D eigenvalue weighted by Gasteiger charge is 2.54. The van der Waals surface area contributed by atoms with Crippen molar-refractivity contribution in [1.29, 1.82) is 0 Å². The van der Waals surface area contributed by atoms with Crippen LogP contribution in [0.3, 0.4) is 0 Å². The van der Waals surface area contributed by atoms with E-state index in [2.05, 4.69) is 0 Å². The van der Waals surface area contributed by atoms with Crippen LogP contribution in [-0.4, -0.2) is 13.0 Å². The molecule has 0 unspecified atom stereocenters. The number of para-hydroxylation sites is 2. The zero-order valence-electron chi connectivity index (χ0n) is 22.5. The summed E-state index contributed by atoms with van der Waals surface area (Å²) in [6.07, 6.45) is -11.1. The first-order valence-electron chi connectivity index (χ1n) is 12.9. The largest absolute Gasteiger partial charge is 0.497 e. The Morgan fingerprint density at radius 3 is 2.02 bits per heavy atom. The lowest BCUT2D eigenvalue weighted by atomic mass is 9.75. The third-order valence-electron chi connectivity index (χ3n) is 7.35. The van der Waals surface area contributed by atoms with Gasteiger partial charge in [-0.1, -0.05) is 48.5 Å². The summed E-state index contributed by atoms with van der Waals surface area (Å²) in [4.78, 5) is 15.9. The molecule has 0 aromatic heterocycles. The van der Waals surface area contributed by atoms with Gasteiger partial charge in [0.15, 0.2) is 0 Å². The van der Waals surface area contributed by atoms with Gasteiger partial charge in [0.05, 0.1) is 30.5 Å². The Kier molecular flexibility index (Phi) is 7.53. The van der Waals surface area contributed by atoms with Gasteiger partial charge < -0.3 is 9.47 Å². The smallest absolute Gasteiger partial charge is 0.416 e. The average Bonchev–Trinajstić information content (AvgIpc) is 3.19. The summed E-state index contributed by atoms with van der Waals surface area (Å²) in [7, 11) is 1.45. The number of benzene rings is 4. The zero-order chi connectivity index (χ0) is 30.3. The van der Waals surface area contributed by atoms with E-state index in [0.29, 0.717) is 40.4 Å². The van der Waals surface area contributed by atoms with Gasteiger partial charge in [-0.2, -0.15) is 26.3 Å². The first-order chi connectivity index (χ1) is 19.8. The Bertz CT molecular complexity index is 1570. The molecule has 5 rings (SSSR count). The second kappa shape index (κ2) is 10.8. The lowest BCUT2D eigenvalue weighted by Gasteiger charge is -2.34. The lowest BCUT2D eigenvalue weighted by Crippen LogP contribution is -2.42. The number of hydrogen-bond donors (Lipinski definition) is 0. The van der Waals surface area contributed by atoms with Crippen molar-refractivity contribution in [2.24, 2.45) is 0 Å². The maximum absolute atomic E-state index is 14.4. The maximum atomic E-state index is 14.4. The molecule has 42 heavy (non-hydrogen) atoms. The molecule has 218 valence electrons. The van der Waals surface area contributed by atoms with E-state index in [4.69, 9.17) is 9.47 Å². The number of hydrogen-bond acceptors (Lipinski definition) is 3. The lowest BCUT2D eigenvalue weighted by molar-refractivity contribution is -0.143. The standard InChI is InChI=1S/C32H25F6NO3/c1-30(26-13-6-7-14-27(26)39(29(30)40)24-10-4-3-5-11-24)28(21-9-8-12-25(17-21)41-2)42-19-20-15-22(31(33,34)35)18-23(16-20)32(36,37)38/h3-18,28H,19H2,1-2H3/t28-,30+/m0/s1. The molecule has 1 aliphatic heterocycles. The summed E-state index contributed by atoms with van der Waals surface area (Å²) in [5, 5.41) is 0. The monoisotopic (exact) mass is 585 g/mol. The summed E-state index contributed by atoms with van der Waals surface area (Å²) in [5.41, 5.74) is -2.43. The number of fused-ring (bicyclic) bond motifs is 1. The molecular formula is C32H25F6NO3. The Hall–Kier alpha value is -4.31. The van der Waals surface area contributed by atoms with E-state index in [0.717, 1.165) is 0 Å². The second-order valence-corrected chi connectivity index (χ2v) is 10.1. The SMILES string of the molecule is COc1cccc([C@H](OCc2cc(C(F)(F)F)cc(C(F)(F)F)c2)[C@]2(C)C(=O)N(c3ccccc3)c3ccccc32)c1. The fraction of sp³-hybridized carbons (Fsp3) is 0.219. The number of methoxy groups -OCH3 is 1. The van der Waals surface area contributed by atoms with E-state index >= 15 is 0 Å². The number of nitrogens with zero attached hydrogens (tertiary/aromatic N) is 1. The van der Waals surface area contributed by atoms with Crippen LogP contribution in [0.2, 0.25) is 0 Å². The van der Waals surface area contributed by atoms with Crippen LogP contribution in [0.4, 0.5) is 37.7 Å². The van der Waals surface area contributed by atoms with Crippen LogP contribution in [0.25, 0.3) is 0 Å². The van der Waals surface area contributed by atoms with Gasteiger partial charge in [-0.05, 0) is 72.1 Å². The Morgan fingerprint density at radius 2 is 1.40 bits per heavy atom. The minimum absolute atomic E-state index is 0.0683. The number of ether oxygens (including phenoxy) is 2. The van der Waals surface area contributed by atoms with Crippen molar-refractivity contribution in [3.8, 4) is 5.75 Å². The minimum Gasteiger partial charge on any atom is -0.497 e. The third kappa shape index (κ3) is 5.34. The first-order valence-corrected chi connectivity index (χ1v) is 12.9. The molecule has 0 N–H and O–H groups in total. The molecule has 1 amide bonds. The molecule has 10 heteroatoms. The van der Waals surface area contributed by atoms with Crippen LogP contribution in [0, 0.1) is 0 Å². The van der Waals surface area contributed by atoms with Crippen molar-refractivity contribution >= 4 is 17.3 Å². The number of halogens is 6. The van der Waals surface area contributed by atoms with E-state index < -0.39 is 41.6 Å². The van der Waals surface area contributed by atoms with Gasteiger partial charge in [-0.3, -0.25) is 9.69 Å². The van der Waals surface area contributed by atoms with Crippen LogP contribution in [0.15, 0.2) is 97.1 Å². The number of alkyl halides is 6. The van der Waals surface area contributed by atoms with E-state index in [9.17, 15) is 31.1 Å². The normalized spacial score (nSPS) is 17.7. The van der Waals surface area contributed by atoms with Crippen molar-refractivity contribution in [1.82, 2.24) is 0 Å². The highest BCUT2D eigenvalue weighted by atomic mass is 19.4. The summed E-state index contributed by atoms with van der Waals surface area (Å²) in [5.74, 6) is 0.0597. The van der Waals surface area contributed by atoms with E-state index in [-0.39, 0.29) is 17.5 Å². The minimum atomic E-state index is -5.01. The van der Waals surface area contributed by atoms with Crippen LogP contribution in [0.5, 0.6) is 5.75 Å². The van der Waals surface area contributed by atoms with E-state index in [1.165, 1.54) is 12.0 Å². The molecule has 4 nitrogen and oxygen atoms in total. The van der Waals surface area contributed by atoms with Gasteiger partial charge in [-0.25, -0.2) is 0 Å². The summed E-state index contributed by atoms with van der Waals surface area (Å²) < 4.78 is 92.8. The molecule has 0 bridgehead atoms. The van der Waals surface area contributed by atoms with Gasteiger partial charge >= 0.3 is 12.4 Å². The van der Waals surface area contributed by atoms with Crippen molar-refractivity contribution in [3.05, 3.63) is 125 Å². The summed E-state index contributed by atoms with van der Waals surface area (Å²) in [6, 6.07) is 23.9. The predicted molar refractivity (Wildman–Crippen MR) is 144 cm³/mol. The zero-order valence-corrected chi connectivity index (χ0v) is 22.5. The van der Waals surface area contributed by atoms with Gasteiger partial charge in [0.2, 0.25) is 5.91 Å². The molecule has 1 heterocycles. The molecule has 0 aliphatic carbocycles. The molecule has 0 radical (unpaired) electrons. The fourth-order valence-electron chi connectivity index (χ4n) is 5.33. The molecule has 4 aromatic carbocycles. The van der Waals surface area contributed by atoms with Gasteiger partial charge in [0.25, 0.3) is 0 Å².